The van der Waals surface area contributed by atoms with Crippen LogP contribution in [-0.4, -0.2) is 37.2 Å². The molecule has 0 aliphatic carbocycles. The van der Waals surface area contributed by atoms with Gasteiger partial charge in [0.05, 0.1) is 0 Å². The van der Waals surface area contributed by atoms with Gasteiger partial charge in [-0.05, 0) is 128 Å². The molecule has 0 radical (unpaired) electrons. The van der Waals surface area contributed by atoms with Crippen LogP contribution in [0.4, 0.5) is 0 Å². The lowest BCUT2D eigenvalue weighted by molar-refractivity contribution is -0.167. The van der Waals surface area contributed by atoms with E-state index in [1.165, 1.54) is 44.9 Å². The minimum atomic E-state index is -0.814. The van der Waals surface area contributed by atoms with Crippen molar-refractivity contribution in [2.45, 2.75) is 245 Å². The lowest BCUT2D eigenvalue weighted by Crippen LogP contribution is -2.30. The second kappa shape index (κ2) is 63.3. The molecule has 0 bridgehead atoms. The van der Waals surface area contributed by atoms with E-state index in [-0.39, 0.29) is 37.5 Å². The van der Waals surface area contributed by atoms with E-state index in [2.05, 4.69) is 191 Å². The summed E-state index contributed by atoms with van der Waals surface area (Å²) in [6.07, 6.45) is 93.8. The molecule has 0 saturated carbocycles. The molecule has 0 aromatic rings. The van der Waals surface area contributed by atoms with E-state index in [0.29, 0.717) is 19.3 Å². The molecule has 1 unspecified atom stereocenters. The molecule has 0 fully saturated rings. The monoisotopic (exact) mass is 1060 g/mol. The number of ether oxygens (including phenoxy) is 3. The summed E-state index contributed by atoms with van der Waals surface area (Å²) in [6, 6.07) is 0. The summed E-state index contributed by atoms with van der Waals surface area (Å²) in [5.41, 5.74) is 0. The van der Waals surface area contributed by atoms with Gasteiger partial charge in [0.25, 0.3) is 0 Å². The van der Waals surface area contributed by atoms with E-state index in [0.717, 1.165) is 148 Å². The van der Waals surface area contributed by atoms with Crippen molar-refractivity contribution in [3.8, 4) is 0 Å². The summed E-state index contributed by atoms with van der Waals surface area (Å²) in [5, 5.41) is 0. The first-order chi connectivity index (χ1) is 38.0. The third kappa shape index (κ3) is 61.5. The second-order valence-corrected chi connectivity index (χ2v) is 19.5. The third-order valence-corrected chi connectivity index (χ3v) is 12.2. The van der Waals surface area contributed by atoms with Gasteiger partial charge in [-0.15, -0.1) is 0 Å². The summed E-state index contributed by atoms with van der Waals surface area (Å²) < 4.78 is 16.7. The molecule has 0 amide bonds. The standard InChI is InChI=1S/C71H110O6/c1-4-7-10-13-16-18-20-22-24-26-28-30-32-33-34-35-36-37-39-40-42-44-46-48-50-52-55-58-61-64-70(73)76-67-68(66-75-69(72)63-60-57-54-15-12-9-6-3)77-71(74)65-62-59-56-53-51-49-47-45-43-41-38-31-29-27-25-23-21-19-17-14-11-8-5-2/h7-8,10-11,16-19,22-25,28-31,33-34,36-37,40-43,46,48,52,55,68H,4-6,9,12-15,20-21,26-27,32,35,38-39,44-45,47,49-51,53-54,56-67H2,1-3H3/b10-7-,11-8-,18-16-,19-17-,24-22-,25-23-,30-28-,31-29-,34-33-,37-36-,42-40-,43-41-,48-46-,55-52-. The van der Waals surface area contributed by atoms with E-state index in [1.54, 1.807) is 0 Å². The summed E-state index contributed by atoms with van der Waals surface area (Å²) in [5.74, 6) is -0.997. The molecule has 0 spiro atoms. The average Bonchev–Trinajstić information content (AvgIpc) is 3.43. The fourth-order valence-corrected chi connectivity index (χ4v) is 7.70. The summed E-state index contributed by atoms with van der Waals surface area (Å²) >= 11 is 0. The highest BCUT2D eigenvalue weighted by Gasteiger charge is 2.19. The highest BCUT2D eigenvalue weighted by molar-refractivity contribution is 5.71. The molecule has 0 aliphatic rings. The molecule has 6 heteroatoms. The van der Waals surface area contributed by atoms with Crippen molar-refractivity contribution < 1.29 is 28.6 Å². The molecule has 1 atom stereocenters. The highest BCUT2D eigenvalue weighted by atomic mass is 16.6. The quantitative estimate of drug-likeness (QED) is 0.0261. The minimum Gasteiger partial charge on any atom is -0.462 e. The Hall–Kier alpha value is -5.23. The zero-order chi connectivity index (χ0) is 55.7. The topological polar surface area (TPSA) is 78.9 Å². The van der Waals surface area contributed by atoms with Gasteiger partial charge in [0.15, 0.2) is 6.10 Å². The zero-order valence-electron chi connectivity index (χ0n) is 49.1. The van der Waals surface area contributed by atoms with E-state index in [4.69, 9.17) is 14.2 Å². The van der Waals surface area contributed by atoms with Crippen LogP contribution in [0.25, 0.3) is 0 Å². The number of hydrogen-bond donors (Lipinski definition) is 0. The molecule has 0 saturated heterocycles. The summed E-state index contributed by atoms with van der Waals surface area (Å²) in [7, 11) is 0. The molecule has 0 aromatic carbocycles. The van der Waals surface area contributed by atoms with Crippen molar-refractivity contribution in [2.75, 3.05) is 13.2 Å². The smallest absolute Gasteiger partial charge is 0.306 e. The Morgan fingerprint density at radius 3 is 0.844 bits per heavy atom. The Morgan fingerprint density at radius 1 is 0.273 bits per heavy atom. The molecule has 77 heavy (non-hydrogen) atoms. The molecule has 0 heterocycles. The maximum Gasteiger partial charge on any atom is 0.306 e. The Morgan fingerprint density at radius 2 is 0.519 bits per heavy atom. The first-order valence-corrected chi connectivity index (χ1v) is 30.6. The molecule has 0 rings (SSSR count). The van der Waals surface area contributed by atoms with Crippen molar-refractivity contribution >= 4 is 17.9 Å². The number of esters is 3. The van der Waals surface area contributed by atoms with Gasteiger partial charge in [-0.25, -0.2) is 0 Å². The Kier molecular flexibility index (Phi) is 59.0. The number of rotatable bonds is 53. The Bertz CT molecular complexity index is 1790. The van der Waals surface area contributed by atoms with Crippen LogP contribution in [0.2, 0.25) is 0 Å². The Labute approximate surface area is 472 Å². The fraction of sp³-hybridized carbons (Fsp3) is 0.563. The maximum absolute atomic E-state index is 12.8. The van der Waals surface area contributed by atoms with Gasteiger partial charge in [0, 0.05) is 19.3 Å². The van der Waals surface area contributed by atoms with Crippen molar-refractivity contribution in [1.29, 1.82) is 0 Å². The van der Waals surface area contributed by atoms with Crippen LogP contribution in [-0.2, 0) is 28.6 Å². The fourth-order valence-electron chi connectivity index (χ4n) is 7.70. The molecule has 430 valence electrons. The number of hydrogen-bond acceptors (Lipinski definition) is 6. The molecule has 0 aliphatic heterocycles. The molecule has 6 nitrogen and oxygen atoms in total. The van der Waals surface area contributed by atoms with E-state index < -0.39 is 6.10 Å². The molecule has 0 N–H and O–H groups in total. The van der Waals surface area contributed by atoms with E-state index >= 15 is 0 Å². The average molecular weight is 1060 g/mol. The van der Waals surface area contributed by atoms with Gasteiger partial charge in [-0.1, -0.05) is 262 Å². The van der Waals surface area contributed by atoms with Crippen LogP contribution < -0.4 is 0 Å². The van der Waals surface area contributed by atoms with Crippen LogP contribution in [0.1, 0.15) is 239 Å². The van der Waals surface area contributed by atoms with Crippen molar-refractivity contribution in [1.82, 2.24) is 0 Å². The minimum absolute atomic E-state index is 0.108. The van der Waals surface area contributed by atoms with Crippen molar-refractivity contribution in [3.63, 3.8) is 0 Å². The third-order valence-electron chi connectivity index (χ3n) is 12.2. The van der Waals surface area contributed by atoms with Crippen LogP contribution in [0.5, 0.6) is 0 Å². The zero-order valence-corrected chi connectivity index (χ0v) is 49.1. The number of carbonyl (C=O) groups excluding carboxylic acids is 3. The van der Waals surface area contributed by atoms with Crippen LogP contribution in [0, 0.1) is 0 Å². The normalized spacial score (nSPS) is 13.3. The van der Waals surface area contributed by atoms with Gasteiger partial charge in [-0.3, -0.25) is 14.4 Å². The van der Waals surface area contributed by atoms with Crippen LogP contribution in [0.3, 0.4) is 0 Å². The second-order valence-electron chi connectivity index (χ2n) is 19.5. The number of carbonyl (C=O) groups is 3. The highest BCUT2D eigenvalue weighted by Crippen LogP contribution is 2.13. The lowest BCUT2D eigenvalue weighted by Gasteiger charge is -2.18. The lowest BCUT2D eigenvalue weighted by atomic mass is 10.1. The van der Waals surface area contributed by atoms with Crippen LogP contribution in [0.15, 0.2) is 170 Å². The maximum atomic E-state index is 12.8. The van der Waals surface area contributed by atoms with E-state index in [1.807, 2.05) is 0 Å². The SMILES string of the molecule is CC/C=C\C/C=C\C/C=C\C/C=C\C/C=C\C/C=C\C/C=C\C/C=C\C/C=C\CCCC(=O)OCC(COC(=O)CCCCCCCCC)OC(=O)CCCCCCCCC/C=C\C/C=C\C/C=C\C/C=C\C/C=C\CC. The summed E-state index contributed by atoms with van der Waals surface area (Å²) in [6.45, 7) is 6.29. The first kappa shape index (κ1) is 71.8. The van der Waals surface area contributed by atoms with Gasteiger partial charge in [-0.2, -0.15) is 0 Å². The summed E-state index contributed by atoms with van der Waals surface area (Å²) in [4.78, 5) is 38.0. The van der Waals surface area contributed by atoms with Gasteiger partial charge < -0.3 is 14.2 Å². The van der Waals surface area contributed by atoms with Gasteiger partial charge >= 0.3 is 17.9 Å². The van der Waals surface area contributed by atoms with Crippen LogP contribution >= 0.6 is 0 Å². The molecular formula is C71H110O6. The molecular weight excluding hydrogens is 949 g/mol. The Balaban J connectivity index is 4.34. The number of unbranched alkanes of at least 4 members (excludes halogenated alkanes) is 14. The predicted molar refractivity (Wildman–Crippen MR) is 334 cm³/mol. The number of allylic oxidation sites excluding steroid dienone is 28. The van der Waals surface area contributed by atoms with Gasteiger partial charge in [0.1, 0.15) is 13.2 Å². The van der Waals surface area contributed by atoms with Gasteiger partial charge in [0.2, 0.25) is 0 Å². The van der Waals surface area contributed by atoms with E-state index in [9.17, 15) is 14.4 Å². The largest absolute Gasteiger partial charge is 0.462 e. The van der Waals surface area contributed by atoms with Crippen molar-refractivity contribution in [3.05, 3.63) is 170 Å². The predicted octanol–water partition coefficient (Wildman–Crippen LogP) is 21.1. The first-order valence-electron chi connectivity index (χ1n) is 30.6. The van der Waals surface area contributed by atoms with Crippen molar-refractivity contribution in [2.24, 2.45) is 0 Å². The molecule has 0 aromatic heterocycles.